The maximum Gasteiger partial charge on any atom is 0.410 e. The molecule has 1 saturated carbocycles. The molecular weight excluding hydrogens is 758 g/mol. The molecule has 1 aliphatic carbocycles. The maximum absolute atomic E-state index is 15.0. The molecule has 2 N–H and O–H groups in total. The number of ether oxygens (including phenoxy) is 5. The highest BCUT2D eigenvalue weighted by molar-refractivity contribution is 6.32. The summed E-state index contributed by atoms with van der Waals surface area (Å²) in [6.07, 6.45) is 4.19. The summed E-state index contributed by atoms with van der Waals surface area (Å²) >= 11 is 5.89. The average Bonchev–Trinajstić information content (AvgIpc) is 4.03. The molecule has 2 aromatic carbocycles. The molecule has 302 valence electrons. The summed E-state index contributed by atoms with van der Waals surface area (Å²) in [6.45, 7) is 2.56. The maximum atomic E-state index is 15.0. The molecule has 1 saturated heterocycles. The Balaban J connectivity index is 1.23. The molecule has 2 amide bonds. The van der Waals surface area contributed by atoms with Crippen molar-refractivity contribution in [3.05, 3.63) is 93.1 Å². The van der Waals surface area contributed by atoms with Crippen LogP contribution in [0, 0.1) is 18.6 Å². The normalized spacial score (nSPS) is 18.0. The minimum atomic E-state index is -0.759. The molecule has 56 heavy (non-hydrogen) atoms. The predicted molar refractivity (Wildman–Crippen MR) is 196 cm³/mol. The number of carbonyl (C=O) groups excluding carboxylic acids is 2. The van der Waals surface area contributed by atoms with Gasteiger partial charge in [-0.25, -0.2) is 23.4 Å². The largest absolute Gasteiger partial charge is 0.489 e. The van der Waals surface area contributed by atoms with Crippen LogP contribution in [-0.2, 0) is 36.8 Å². The first-order valence-electron chi connectivity index (χ1n) is 18.4. The number of amides is 2. The van der Waals surface area contributed by atoms with Crippen LogP contribution in [-0.4, -0.2) is 114 Å². The van der Waals surface area contributed by atoms with Gasteiger partial charge in [-0.05, 0) is 79.5 Å². The van der Waals surface area contributed by atoms with E-state index in [4.69, 9.17) is 45.7 Å². The summed E-state index contributed by atoms with van der Waals surface area (Å²) in [5.74, 6) is -1.52. The molecule has 2 bridgehead atoms. The lowest BCUT2D eigenvalue weighted by Crippen LogP contribution is -2.60. The van der Waals surface area contributed by atoms with Gasteiger partial charge in [0.05, 0.1) is 64.2 Å². The van der Waals surface area contributed by atoms with E-state index >= 15 is 0 Å². The van der Waals surface area contributed by atoms with Crippen LogP contribution in [0.2, 0.25) is 5.02 Å². The zero-order valence-corrected chi connectivity index (χ0v) is 31.9. The fraction of sp³-hybridized carbons (Fsp3) is 0.462. The van der Waals surface area contributed by atoms with Crippen molar-refractivity contribution in [2.45, 2.75) is 63.7 Å². The van der Waals surface area contributed by atoms with Crippen LogP contribution in [0.1, 0.15) is 47.9 Å². The smallest absolute Gasteiger partial charge is 0.410 e. The van der Waals surface area contributed by atoms with Crippen LogP contribution < -0.4 is 9.47 Å². The van der Waals surface area contributed by atoms with Crippen LogP contribution in [0.5, 0.6) is 11.6 Å². The van der Waals surface area contributed by atoms with Crippen molar-refractivity contribution in [3.63, 3.8) is 0 Å². The Morgan fingerprint density at radius 2 is 1.75 bits per heavy atom. The fourth-order valence-corrected chi connectivity index (χ4v) is 7.21. The van der Waals surface area contributed by atoms with Crippen LogP contribution >= 0.6 is 11.6 Å². The van der Waals surface area contributed by atoms with Gasteiger partial charge in [0, 0.05) is 29.9 Å². The quantitative estimate of drug-likeness (QED) is 0.0892. The molecule has 0 spiro atoms. The predicted octanol–water partition coefficient (Wildman–Crippen LogP) is 5.92. The van der Waals surface area contributed by atoms with Crippen molar-refractivity contribution in [1.29, 1.82) is 0 Å². The zero-order valence-electron chi connectivity index (χ0n) is 31.1. The Hall–Kier alpha value is -4.42. The van der Waals surface area contributed by atoms with Gasteiger partial charge in [0.25, 0.3) is 5.91 Å². The summed E-state index contributed by atoms with van der Waals surface area (Å²) in [6, 6.07) is 10.5. The summed E-state index contributed by atoms with van der Waals surface area (Å²) in [4.78, 5) is 40.9. The van der Waals surface area contributed by atoms with Gasteiger partial charge in [-0.2, -0.15) is 0 Å². The number of carbonyl (C=O) groups is 2. The van der Waals surface area contributed by atoms with Crippen LogP contribution in [0.3, 0.4) is 0 Å². The molecule has 2 aliphatic heterocycles. The zero-order chi connectivity index (χ0) is 39.8. The number of aryl methyl sites for hydroxylation is 1. The van der Waals surface area contributed by atoms with Crippen LogP contribution in [0.4, 0.5) is 13.6 Å². The first-order chi connectivity index (χ1) is 27.1. The Morgan fingerprint density at radius 1 is 1.00 bits per heavy atom. The highest BCUT2D eigenvalue weighted by Crippen LogP contribution is 2.41. The number of methoxy groups -OCH3 is 1. The first kappa shape index (κ1) is 41.2. The Labute approximate surface area is 327 Å². The Morgan fingerprint density at radius 3 is 2.48 bits per heavy atom. The van der Waals surface area contributed by atoms with Crippen molar-refractivity contribution in [1.82, 2.24) is 20.2 Å². The molecular formula is C39H45ClF2N4O10. The highest BCUT2D eigenvalue weighted by Gasteiger charge is 2.48. The van der Waals surface area contributed by atoms with Crippen LogP contribution in [0.15, 0.2) is 54.2 Å². The number of halogens is 3. The summed E-state index contributed by atoms with van der Waals surface area (Å²) in [7, 11) is 1.56. The molecule has 17 heteroatoms. The number of pyridine rings is 1. The number of rotatable bonds is 18. The van der Waals surface area contributed by atoms with Gasteiger partial charge in [-0.3, -0.25) is 20.1 Å². The van der Waals surface area contributed by atoms with Crippen molar-refractivity contribution in [3.8, 4) is 11.6 Å². The highest BCUT2D eigenvalue weighted by atomic mass is 35.5. The second-order valence-corrected chi connectivity index (χ2v) is 14.0. The van der Waals surface area contributed by atoms with Crippen LogP contribution in [0.25, 0.3) is 5.57 Å². The number of fused-ring (bicyclic) bond motifs is 2. The lowest BCUT2D eigenvalue weighted by atomic mass is 9.82. The van der Waals surface area contributed by atoms with E-state index in [1.165, 1.54) is 0 Å². The van der Waals surface area contributed by atoms with E-state index in [1.807, 2.05) is 42.2 Å². The number of hydrogen-bond acceptors (Lipinski definition) is 12. The number of benzene rings is 2. The van der Waals surface area contributed by atoms with Gasteiger partial charge in [0.1, 0.15) is 17.4 Å². The van der Waals surface area contributed by atoms with E-state index in [0.717, 1.165) is 52.8 Å². The van der Waals surface area contributed by atoms with Crippen molar-refractivity contribution in [2.24, 2.45) is 0 Å². The topological polar surface area (TPSA) is 153 Å². The van der Waals surface area contributed by atoms with Gasteiger partial charge in [-0.15, -0.1) is 0 Å². The Bertz CT molecular complexity index is 1880. The van der Waals surface area contributed by atoms with Crippen molar-refractivity contribution < 1.29 is 57.3 Å². The summed E-state index contributed by atoms with van der Waals surface area (Å²) < 4.78 is 55.9. The average molecular weight is 803 g/mol. The molecule has 2 atom stereocenters. The molecule has 3 aromatic rings. The van der Waals surface area contributed by atoms with Gasteiger partial charge >= 0.3 is 6.09 Å². The minimum Gasteiger partial charge on any atom is -0.489 e. The molecule has 2 fully saturated rings. The molecule has 3 heterocycles. The van der Waals surface area contributed by atoms with Gasteiger partial charge in [0.2, 0.25) is 5.88 Å². The number of morpholine rings is 1. The van der Waals surface area contributed by atoms with Gasteiger partial charge in [0.15, 0.2) is 11.6 Å². The Kier molecular flexibility index (Phi) is 14.1. The molecule has 0 radical (unpaired) electrons. The van der Waals surface area contributed by atoms with E-state index in [0.29, 0.717) is 37.3 Å². The molecule has 2 unspecified atom stereocenters. The third-order valence-electron chi connectivity index (χ3n) is 9.96. The van der Waals surface area contributed by atoms with Crippen molar-refractivity contribution >= 4 is 29.2 Å². The lowest BCUT2D eigenvalue weighted by molar-refractivity contribution is -0.493. The minimum absolute atomic E-state index is 0.0163. The fourth-order valence-electron chi connectivity index (χ4n) is 7.01. The summed E-state index contributed by atoms with van der Waals surface area (Å²) in [5, 5.41) is 16.5. The van der Waals surface area contributed by atoms with Crippen molar-refractivity contribution in [2.75, 3.05) is 53.4 Å². The SMILES string of the molecule is COc1nccc(CN(C(=O)C2=C(c3ccc(CCCOc4c(F)ccc(F)c4Cl)cc3)CC3COCC2N3C(=O)OCCOCCON(O)O)C2CC2)c1C. The van der Waals surface area contributed by atoms with E-state index < -0.39 is 40.2 Å². The van der Waals surface area contributed by atoms with E-state index in [2.05, 4.69) is 9.82 Å². The third-order valence-corrected chi connectivity index (χ3v) is 10.3. The first-order valence-corrected chi connectivity index (χ1v) is 18.7. The van der Waals surface area contributed by atoms with E-state index in [-0.39, 0.29) is 63.9 Å². The second-order valence-electron chi connectivity index (χ2n) is 13.6. The summed E-state index contributed by atoms with van der Waals surface area (Å²) in [5.41, 5.74) is 4.83. The number of nitrogens with zero attached hydrogens (tertiary/aromatic N) is 4. The van der Waals surface area contributed by atoms with E-state index in [9.17, 15) is 18.4 Å². The molecule has 14 nitrogen and oxygen atoms in total. The monoisotopic (exact) mass is 802 g/mol. The second kappa shape index (κ2) is 19.1. The molecule has 6 rings (SSSR count). The molecule has 3 aliphatic rings. The molecule has 1 aromatic heterocycles. The number of aromatic nitrogens is 1. The van der Waals surface area contributed by atoms with Gasteiger partial charge in [-0.1, -0.05) is 35.9 Å². The standard InChI is InChI=1S/C39H45ClF2N4O10/c1-24-27(13-14-43-37(24)51-2)21-44(28-9-10-28)38(47)34-30(20-29-22-53-23-33(34)45(29)39(48)55-18-16-52-17-19-56-46(49)50)26-7-5-25(6-8-26)4-3-15-54-36-32(42)12-11-31(41)35(36)40/h5-8,11-14,28-29,33,49-50H,3-4,9-10,15-23H2,1-2H3. The van der Waals surface area contributed by atoms with Gasteiger partial charge < -0.3 is 28.6 Å². The van der Waals surface area contributed by atoms with E-state index in [1.54, 1.807) is 18.2 Å². The third kappa shape index (κ3) is 9.92. The number of hydrogen-bond donors (Lipinski definition) is 2. The lowest BCUT2D eigenvalue weighted by Gasteiger charge is -2.47.